The zero-order valence-corrected chi connectivity index (χ0v) is 11.3. The summed E-state index contributed by atoms with van der Waals surface area (Å²) in [5.74, 6) is 0.00396. The van der Waals surface area contributed by atoms with Crippen LogP contribution in [0.5, 0.6) is 0 Å². The first-order valence-electron chi connectivity index (χ1n) is 6.06. The van der Waals surface area contributed by atoms with E-state index in [9.17, 15) is 4.79 Å². The van der Waals surface area contributed by atoms with Crippen LogP contribution in [0.3, 0.4) is 0 Å². The monoisotopic (exact) mass is 258 g/mol. The topological polar surface area (TPSA) is 86.9 Å². The Morgan fingerprint density at radius 1 is 1.21 bits per heavy atom. The van der Waals surface area contributed by atoms with Crippen LogP contribution in [0.1, 0.15) is 36.8 Å². The summed E-state index contributed by atoms with van der Waals surface area (Å²) in [6.07, 6.45) is 0. The third kappa shape index (κ3) is 2.45. The highest BCUT2D eigenvalue weighted by Crippen LogP contribution is 2.23. The minimum atomic E-state index is -0.314. The predicted octanol–water partition coefficient (Wildman–Crippen LogP) is 2.03. The molecule has 0 saturated heterocycles. The third-order valence-electron chi connectivity index (χ3n) is 2.89. The fourth-order valence-corrected chi connectivity index (χ4v) is 1.73. The average molecular weight is 258 g/mol. The van der Waals surface area contributed by atoms with Gasteiger partial charge in [0.2, 0.25) is 0 Å². The molecule has 100 valence electrons. The second kappa shape index (κ2) is 4.42. The van der Waals surface area contributed by atoms with Crippen LogP contribution in [0.2, 0.25) is 0 Å². The number of nitrogens with zero attached hydrogens (tertiary/aromatic N) is 2. The molecule has 0 amide bonds. The molecule has 2 aromatic rings. The van der Waals surface area contributed by atoms with Gasteiger partial charge in [-0.2, -0.15) is 9.78 Å². The lowest BCUT2D eigenvalue weighted by atomic mass is 9.92. The summed E-state index contributed by atoms with van der Waals surface area (Å²) in [5.41, 5.74) is 13.1. The van der Waals surface area contributed by atoms with Crippen molar-refractivity contribution >= 4 is 17.4 Å². The van der Waals surface area contributed by atoms with Crippen LogP contribution in [-0.4, -0.2) is 15.7 Å². The Morgan fingerprint density at radius 2 is 1.84 bits per heavy atom. The molecule has 5 heteroatoms. The Balaban J connectivity index is 2.46. The maximum Gasteiger partial charge on any atom is 0.282 e. The Hall–Kier alpha value is -2.30. The van der Waals surface area contributed by atoms with Crippen molar-refractivity contribution in [2.75, 3.05) is 11.5 Å². The summed E-state index contributed by atoms with van der Waals surface area (Å²) in [4.78, 5) is 12.4. The minimum Gasteiger partial charge on any atom is -0.398 e. The van der Waals surface area contributed by atoms with Crippen LogP contribution < -0.4 is 11.5 Å². The Kier molecular flexibility index (Phi) is 3.06. The van der Waals surface area contributed by atoms with E-state index in [1.807, 2.05) is 20.8 Å². The van der Waals surface area contributed by atoms with E-state index in [-0.39, 0.29) is 11.3 Å². The van der Waals surface area contributed by atoms with Gasteiger partial charge in [-0.1, -0.05) is 32.9 Å². The zero-order chi connectivity index (χ0) is 14.2. The number of nitrogen functional groups attached to an aromatic ring is 2. The van der Waals surface area contributed by atoms with E-state index in [2.05, 4.69) is 5.10 Å². The number of anilines is 2. The van der Waals surface area contributed by atoms with Crippen molar-refractivity contribution in [2.24, 2.45) is 0 Å². The second-order valence-corrected chi connectivity index (χ2v) is 5.51. The van der Waals surface area contributed by atoms with E-state index in [0.717, 1.165) is 5.69 Å². The molecule has 0 unspecified atom stereocenters. The van der Waals surface area contributed by atoms with Crippen LogP contribution in [0, 0.1) is 0 Å². The van der Waals surface area contributed by atoms with Crippen LogP contribution in [-0.2, 0) is 5.41 Å². The molecule has 19 heavy (non-hydrogen) atoms. The van der Waals surface area contributed by atoms with Gasteiger partial charge in [0.1, 0.15) is 5.82 Å². The number of hydrogen-bond acceptors (Lipinski definition) is 4. The van der Waals surface area contributed by atoms with E-state index in [0.29, 0.717) is 17.1 Å². The standard InChI is InChI=1S/C14H18N4O/c1-14(2,3)11-8-12(16)18(17-11)13(19)9-6-4-5-7-10(9)15/h4-8H,15-16H2,1-3H3. The number of carbonyl (C=O) groups excluding carboxylic acids is 1. The molecular formula is C14H18N4O. The molecule has 0 aliphatic heterocycles. The smallest absolute Gasteiger partial charge is 0.282 e. The number of para-hydroxylation sites is 1. The molecule has 5 nitrogen and oxygen atoms in total. The van der Waals surface area contributed by atoms with Crippen molar-refractivity contribution in [1.82, 2.24) is 9.78 Å². The largest absolute Gasteiger partial charge is 0.398 e. The molecule has 0 bridgehead atoms. The van der Waals surface area contributed by atoms with E-state index >= 15 is 0 Å². The highest BCUT2D eigenvalue weighted by Gasteiger charge is 2.22. The van der Waals surface area contributed by atoms with E-state index in [4.69, 9.17) is 11.5 Å². The van der Waals surface area contributed by atoms with E-state index in [1.54, 1.807) is 30.3 Å². The van der Waals surface area contributed by atoms with E-state index in [1.165, 1.54) is 4.68 Å². The second-order valence-electron chi connectivity index (χ2n) is 5.51. The first kappa shape index (κ1) is 13.1. The summed E-state index contributed by atoms with van der Waals surface area (Å²) < 4.78 is 1.20. The molecule has 0 aliphatic rings. The van der Waals surface area contributed by atoms with Gasteiger partial charge >= 0.3 is 0 Å². The number of aromatic nitrogens is 2. The minimum absolute atomic E-state index is 0.165. The molecule has 0 radical (unpaired) electrons. The van der Waals surface area contributed by atoms with Gasteiger partial charge in [0.15, 0.2) is 0 Å². The van der Waals surface area contributed by atoms with Crippen molar-refractivity contribution in [3.63, 3.8) is 0 Å². The van der Waals surface area contributed by atoms with Gasteiger partial charge in [-0.3, -0.25) is 4.79 Å². The lowest BCUT2D eigenvalue weighted by molar-refractivity contribution is 0.0948. The SMILES string of the molecule is CC(C)(C)c1cc(N)n(C(=O)c2ccccc2N)n1. The Morgan fingerprint density at radius 3 is 2.37 bits per heavy atom. The van der Waals surface area contributed by atoms with Gasteiger partial charge in [-0.25, -0.2) is 0 Å². The molecular weight excluding hydrogens is 240 g/mol. The molecule has 2 rings (SSSR count). The number of nitrogens with two attached hydrogens (primary N) is 2. The lowest BCUT2D eigenvalue weighted by Gasteiger charge is -2.14. The number of rotatable bonds is 1. The van der Waals surface area contributed by atoms with Crippen molar-refractivity contribution < 1.29 is 4.79 Å². The maximum absolute atomic E-state index is 12.4. The summed E-state index contributed by atoms with van der Waals surface area (Å²) in [6, 6.07) is 8.59. The summed E-state index contributed by atoms with van der Waals surface area (Å²) in [6.45, 7) is 6.04. The molecule has 0 saturated carbocycles. The van der Waals surface area contributed by atoms with E-state index < -0.39 is 0 Å². The van der Waals surface area contributed by atoms with Gasteiger partial charge in [-0.15, -0.1) is 0 Å². The van der Waals surface area contributed by atoms with Crippen molar-refractivity contribution in [3.8, 4) is 0 Å². The normalized spacial score (nSPS) is 11.5. The first-order valence-corrected chi connectivity index (χ1v) is 6.06. The molecule has 1 aromatic heterocycles. The van der Waals surface area contributed by atoms with Gasteiger partial charge in [0.25, 0.3) is 5.91 Å². The number of benzene rings is 1. The quantitative estimate of drug-likeness (QED) is 0.766. The van der Waals surface area contributed by atoms with Crippen molar-refractivity contribution in [1.29, 1.82) is 0 Å². The van der Waals surface area contributed by atoms with Gasteiger partial charge < -0.3 is 11.5 Å². The van der Waals surface area contributed by atoms with Crippen molar-refractivity contribution in [3.05, 3.63) is 41.6 Å². The maximum atomic E-state index is 12.4. The number of carbonyl (C=O) groups is 1. The third-order valence-corrected chi connectivity index (χ3v) is 2.89. The lowest BCUT2D eigenvalue weighted by Crippen LogP contribution is -2.19. The number of hydrogen-bond donors (Lipinski definition) is 2. The molecule has 1 aromatic carbocycles. The van der Waals surface area contributed by atoms with Crippen LogP contribution in [0.25, 0.3) is 0 Å². The van der Waals surface area contributed by atoms with Crippen LogP contribution >= 0.6 is 0 Å². The molecule has 0 fully saturated rings. The van der Waals surface area contributed by atoms with Crippen molar-refractivity contribution in [2.45, 2.75) is 26.2 Å². The molecule has 0 atom stereocenters. The molecule has 4 N–H and O–H groups in total. The molecule has 0 aliphatic carbocycles. The fourth-order valence-electron chi connectivity index (χ4n) is 1.73. The van der Waals surface area contributed by atoms with Crippen LogP contribution in [0.4, 0.5) is 11.5 Å². The first-order chi connectivity index (χ1) is 8.80. The Labute approximate surface area is 112 Å². The predicted molar refractivity (Wildman–Crippen MR) is 75.9 cm³/mol. The van der Waals surface area contributed by atoms with Gasteiger partial charge in [0.05, 0.1) is 11.3 Å². The summed E-state index contributed by atoms with van der Waals surface area (Å²) >= 11 is 0. The highest BCUT2D eigenvalue weighted by molar-refractivity contribution is 6.01. The zero-order valence-electron chi connectivity index (χ0n) is 11.3. The van der Waals surface area contributed by atoms with Gasteiger partial charge in [0, 0.05) is 17.2 Å². The Bertz CT molecular complexity index is 623. The van der Waals surface area contributed by atoms with Gasteiger partial charge in [-0.05, 0) is 12.1 Å². The average Bonchev–Trinajstić information content (AvgIpc) is 2.71. The van der Waals surface area contributed by atoms with Crippen LogP contribution in [0.15, 0.2) is 30.3 Å². The summed E-state index contributed by atoms with van der Waals surface area (Å²) in [7, 11) is 0. The molecule has 1 heterocycles. The summed E-state index contributed by atoms with van der Waals surface area (Å²) in [5, 5.41) is 4.29. The highest BCUT2D eigenvalue weighted by atomic mass is 16.2. The fraction of sp³-hybridized carbons (Fsp3) is 0.286. The molecule has 0 spiro atoms.